The number of nitrogens with one attached hydrogen (secondary N) is 2. The summed E-state index contributed by atoms with van der Waals surface area (Å²) in [5, 5.41) is 6.95. The lowest BCUT2D eigenvalue weighted by Crippen LogP contribution is -2.42. The predicted molar refractivity (Wildman–Crippen MR) is 77.9 cm³/mol. The first-order chi connectivity index (χ1) is 8.22. The molecular formula is C14H23ClN2O. The molecule has 1 atom stereocenters. The maximum atomic E-state index is 5.47. The van der Waals surface area contributed by atoms with Crippen LogP contribution >= 0.6 is 12.4 Å². The van der Waals surface area contributed by atoms with Crippen LogP contribution in [0.2, 0.25) is 0 Å². The van der Waals surface area contributed by atoms with Gasteiger partial charge in [-0.25, -0.2) is 0 Å². The Bertz CT molecular complexity index is 376. The zero-order valence-corrected chi connectivity index (χ0v) is 12.1. The van der Waals surface area contributed by atoms with Gasteiger partial charge in [0.05, 0.1) is 7.11 Å². The van der Waals surface area contributed by atoms with E-state index in [1.165, 1.54) is 11.1 Å². The Balaban J connectivity index is 0.00000162. The number of piperazine rings is 1. The molecule has 1 saturated heterocycles. The van der Waals surface area contributed by atoms with E-state index >= 15 is 0 Å². The lowest BCUT2D eigenvalue weighted by molar-refractivity contribution is 0.381. The van der Waals surface area contributed by atoms with Gasteiger partial charge >= 0.3 is 0 Å². The van der Waals surface area contributed by atoms with E-state index in [-0.39, 0.29) is 12.4 Å². The second kappa shape index (κ2) is 6.98. The van der Waals surface area contributed by atoms with Crippen LogP contribution in [0.4, 0.5) is 0 Å². The van der Waals surface area contributed by atoms with Crippen molar-refractivity contribution in [3.05, 3.63) is 29.3 Å². The van der Waals surface area contributed by atoms with Crippen LogP contribution in [-0.4, -0.2) is 26.7 Å². The normalized spacial score (nSPS) is 19.4. The summed E-state index contributed by atoms with van der Waals surface area (Å²) in [5.41, 5.74) is 2.64. The van der Waals surface area contributed by atoms with E-state index in [1.54, 1.807) is 7.11 Å². The van der Waals surface area contributed by atoms with Crippen LogP contribution in [0.25, 0.3) is 0 Å². The van der Waals surface area contributed by atoms with Crippen LogP contribution in [0.15, 0.2) is 18.2 Å². The van der Waals surface area contributed by atoms with Gasteiger partial charge in [-0.1, -0.05) is 26.0 Å². The Morgan fingerprint density at radius 2 is 2.06 bits per heavy atom. The molecule has 0 amide bonds. The maximum absolute atomic E-state index is 5.47. The summed E-state index contributed by atoms with van der Waals surface area (Å²) in [5.74, 6) is 1.53. The van der Waals surface area contributed by atoms with E-state index in [1.807, 2.05) is 0 Å². The van der Waals surface area contributed by atoms with Crippen molar-refractivity contribution in [1.29, 1.82) is 0 Å². The Morgan fingerprint density at radius 1 is 1.28 bits per heavy atom. The lowest BCUT2D eigenvalue weighted by atomic mass is 9.96. The Morgan fingerprint density at radius 3 is 2.61 bits per heavy atom. The molecule has 18 heavy (non-hydrogen) atoms. The van der Waals surface area contributed by atoms with Crippen molar-refractivity contribution in [1.82, 2.24) is 10.6 Å². The number of ether oxygens (including phenoxy) is 1. The molecule has 0 aromatic heterocycles. The molecule has 0 aliphatic carbocycles. The standard InChI is InChI=1S/C14H22N2O.ClH/c1-10(2)11-4-5-14(17-3)12(8-11)13-9-15-6-7-16-13;/h4-5,8,10,13,15-16H,6-7,9H2,1-3H3;1H/t13-;/m0./s1. The maximum Gasteiger partial charge on any atom is 0.123 e. The second-order valence-corrected chi connectivity index (χ2v) is 4.87. The Hall–Kier alpha value is -0.770. The van der Waals surface area contributed by atoms with Crippen LogP contribution in [0.3, 0.4) is 0 Å². The molecule has 1 aliphatic heterocycles. The average molecular weight is 271 g/mol. The van der Waals surface area contributed by atoms with E-state index in [0.29, 0.717) is 12.0 Å². The first kappa shape index (κ1) is 15.3. The largest absolute Gasteiger partial charge is 0.496 e. The van der Waals surface area contributed by atoms with Gasteiger partial charge in [-0.05, 0) is 17.5 Å². The van der Waals surface area contributed by atoms with E-state index in [4.69, 9.17) is 4.74 Å². The minimum atomic E-state index is 0. The topological polar surface area (TPSA) is 33.3 Å². The molecule has 1 fully saturated rings. The van der Waals surface area contributed by atoms with Crippen molar-refractivity contribution in [2.45, 2.75) is 25.8 Å². The molecular weight excluding hydrogens is 248 g/mol. The Kier molecular flexibility index (Phi) is 5.93. The minimum Gasteiger partial charge on any atom is -0.496 e. The predicted octanol–water partition coefficient (Wildman–Crippen LogP) is 2.47. The van der Waals surface area contributed by atoms with Crippen LogP contribution in [0.1, 0.15) is 36.9 Å². The smallest absolute Gasteiger partial charge is 0.123 e. The van der Waals surface area contributed by atoms with Crippen LogP contribution in [0.5, 0.6) is 5.75 Å². The van der Waals surface area contributed by atoms with Crippen LogP contribution < -0.4 is 15.4 Å². The summed E-state index contributed by atoms with van der Waals surface area (Å²) in [7, 11) is 1.74. The summed E-state index contributed by atoms with van der Waals surface area (Å²) in [6.45, 7) is 7.47. The van der Waals surface area contributed by atoms with Crippen molar-refractivity contribution >= 4 is 12.4 Å². The van der Waals surface area contributed by atoms with Gasteiger partial charge in [-0.15, -0.1) is 12.4 Å². The highest BCUT2D eigenvalue weighted by Gasteiger charge is 2.19. The van der Waals surface area contributed by atoms with E-state index in [0.717, 1.165) is 25.4 Å². The molecule has 1 heterocycles. The van der Waals surface area contributed by atoms with Gasteiger partial charge in [-0.3, -0.25) is 0 Å². The summed E-state index contributed by atoms with van der Waals surface area (Å²) >= 11 is 0. The van der Waals surface area contributed by atoms with Gasteiger partial charge in [0.25, 0.3) is 0 Å². The van der Waals surface area contributed by atoms with Gasteiger partial charge in [-0.2, -0.15) is 0 Å². The van der Waals surface area contributed by atoms with Crippen molar-refractivity contribution in [3.8, 4) is 5.75 Å². The third-order valence-electron chi connectivity index (χ3n) is 3.34. The fourth-order valence-electron chi connectivity index (χ4n) is 2.26. The zero-order valence-electron chi connectivity index (χ0n) is 11.3. The summed E-state index contributed by atoms with van der Waals surface area (Å²) in [6.07, 6.45) is 0. The molecule has 0 spiro atoms. The second-order valence-electron chi connectivity index (χ2n) is 4.87. The van der Waals surface area contributed by atoms with Gasteiger partial charge in [0, 0.05) is 31.2 Å². The summed E-state index contributed by atoms with van der Waals surface area (Å²) in [6, 6.07) is 6.87. The zero-order chi connectivity index (χ0) is 12.3. The van der Waals surface area contributed by atoms with E-state index in [2.05, 4.69) is 42.7 Å². The lowest BCUT2D eigenvalue weighted by Gasteiger charge is -2.27. The number of hydrogen-bond donors (Lipinski definition) is 2. The molecule has 0 saturated carbocycles. The molecule has 0 radical (unpaired) electrons. The number of methoxy groups -OCH3 is 1. The van der Waals surface area contributed by atoms with Gasteiger partial charge in [0.2, 0.25) is 0 Å². The molecule has 1 aromatic carbocycles. The molecule has 1 aromatic rings. The fourth-order valence-corrected chi connectivity index (χ4v) is 2.26. The fraction of sp³-hybridized carbons (Fsp3) is 0.571. The SMILES string of the molecule is COc1ccc(C(C)C)cc1[C@@H]1CNCCN1.Cl. The number of rotatable bonds is 3. The molecule has 4 heteroatoms. The third-order valence-corrected chi connectivity index (χ3v) is 3.34. The van der Waals surface area contributed by atoms with E-state index in [9.17, 15) is 0 Å². The number of benzene rings is 1. The molecule has 2 N–H and O–H groups in total. The van der Waals surface area contributed by atoms with Crippen molar-refractivity contribution < 1.29 is 4.74 Å². The quantitative estimate of drug-likeness (QED) is 0.885. The highest BCUT2D eigenvalue weighted by molar-refractivity contribution is 5.85. The molecule has 3 nitrogen and oxygen atoms in total. The Labute approximate surface area is 116 Å². The van der Waals surface area contributed by atoms with Crippen molar-refractivity contribution in [2.24, 2.45) is 0 Å². The molecule has 2 rings (SSSR count). The first-order valence-electron chi connectivity index (χ1n) is 6.34. The third kappa shape index (κ3) is 3.37. The summed E-state index contributed by atoms with van der Waals surface area (Å²) < 4.78 is 5.47. The molecule has 0 unspecified atom stereocenters. The van der Waals surface area contributed by atoms with Crippen LogP contribution in [0, 0.1) is 0 Å². The summed E-state index contributed by atoms with van der Waals surface area (Å²) in [4.78, 5) is 0. The minimum absolute atomic E-state index is 0. The monoisotopic (exact) mass is 270 g/mol. The average Bonchev–Trinajstić information content (AvgIpc) is 2.39. The number of halogens is 1. The van der Waals surface area contributed by atoms with Gasteiger partial charge in [0.15, 0.2) is 0 Å². The van der Waals surface area contributed by atoms with E-state index < -0.39 is 0 Å². The highest BCUT2D eigenvalue weighted by atomic mass is 35.5. The molecule has 0 bridgehead atoms. The highest BCUT2D eigenvalue weighted by Crippen LogP contribution is 2.29. The van der Waals surface area contributed by atoms with Crippen LogP contribution in [-0.2, 0) is 0 Å². The van der Waals surface area contributed by atoms with Gasteiger partial charge < -0.3 is 15.4 Å². The van der Waals surface area contributed by atoms with Gasteiger partial charge in [0.1, 0.15) is 5.75 Å². The van der Waals surface area contributed by atoms with Crippen molar-refractivity contribution in [3.63, 3.8) is 0 Å². The number of hydrogen-bond acceptors (Lipinski definition) is 3. The molecule has 102 valence electrons. The first-order valence-corrected chi connectivity index (χ1v) is 6.34. The molecule has 1 aliphatic rings. The van der Waals surface area contributed by atoms with Crippen molar-refractivity contribution in [2.75, 3.05) is 26.7 Å².